The van der Waals surface area contributed by atoms with Crippen LogP contribution in [0.5, 0.6) is 5.75 Å². The zero-order valence-corrected chi connectivity index (χ0v) is 26.5. The van der Waals surface area contributed by atoms with Gasteiger partial charge in [0.1, 0.15) is 18.3 Å². The van der Waals surface area contributed by atoms with Crippen LogP contribution in [0.2, 0.25) is 5.02 Å². The molecule has 1 N–H and O–H groups in total. The van der Waals surface area contributed by atoms with Gasteiger partial charge in [-0.1, -0.05) is 78.9 Å². The van der Waals surface area contributed by atoms with E-state index in [4.69, 9.17) is 16.3 Å². The van der Waals surface area contributed by atoms with E-state index in [0.717, 1.165) is 47.5 Å². The molecule has 2 amide bonds. The first kappa shape index (κ1) is 32.4. The largest absolute Gasteiger partial charge is 0.495 e. The molecular weight excluding hydrogens is 586 g/mol. The van der Waals surface area contributed by atoms with E-state index in [9.17, 15) is 18.0 Å². The number of methoxy groups -OCH3 is 1. The monoisotopic (exact) mass is 625 g/mol. The third kappa shape index (κ3) is 8.30. The molecule has 0 bridgehead atoms. The van der Waals surface area contributed by atoms with Crippen molar-refractivity contribution >= 4 is 39.1 Å². The smallest absolute Gasteiger partial charge is 0.264 e. The summed E-state index contributed by atoms with van der Waals surface area (Å²) in [6, 6.07) is 20.0. The van der Waals surface area contributed by atoms with Gasteiger partial charge in [0.25, 0.3) is 10.0 Å². The van der Waals surface area contributed by atoms with Crippen molar-refractivity contribution in [3.05, 3.63) is 88.9 Å². The van der Waals surface area contributed by atoms with Crippen molar-refractivity contribution in [3.63, 3.8) is 0 Å². The maximum Gasteiger partial charge on any atom is 0.264 e. The average molecular weight is 626 g/mol. The lowest BCUT2D eigenvalue weighted by Gasteiger charge is -2.33. The lowest BCUT2D eigenvalue weighted by molar-refractivity contribution is -0.139. The Labute approximate surface area is 260 Å². The second-order valence-electron chi connectivity index (χ2n) is 11.0. The highest BCUT2D eigenvalue weighted by atomic mass is 35.5. The van der Waals surface area contributed by atoms with Gasteiger partial charge in [0, 0.05) is 17.6 Å². The third-order valence-corrected chi connectivity index (χ3v) is 9.91. The van der Waals surface area contributed by atoms with E-state index in [0.29, 0.717) is 6.42 Å². The van der Waals surface area contributed by atoms with E-state index < -0.39 is 28.5 Å². The van der Waals surface area contributed by atoms with Gasteiger partial charge in [0.2, 0.25) is 11.8 Å². The van der Waals surface area contributed by atoms with Gasteiger partial charge in [-0.25, -0.2) is 8.42 Å². The first-order valence-electron chi connectivity index (χ1n) is 14.7. The lowest BCUT2D eigenvalue weighted by atomic mass is 9.95. The van der Waals surface area contributed by atoms with Gasteiger partial charge in [-0.2, -0.15) is 0 Å². The number of rotatable bonds is 12. The highest BCUT2D eigenvalue weighted by Crippen LogP contribution is 2.35. The zero-order valence-electron chi connectivity index (χ0n) is 25.0. The fourth-order valence-electron chi connectivity index (χ4n) is 5.35. The van der Waals surface area contributed by atoms with Crippen molar-refractivity contribution < 1.29 is 22.7 Å². The van der Waals surface area contributed by atoms with Crippen LogP contribution in [-0.4, -0.2) is 57.4 Å². The molecule has 1 unspecified atom stereocenters. The second kappa shape index (κ2) is 14.8. The molecule has 8 nitrogen and oxygen atoms in total. The molecule has 0 heterocycles. The summed E-state index contributed by atoms with van der Waals surface area (Å²) in [5.41, 5.74) is 2.03. The van der Waals surface area contributed by atoms with E-state index in [2.05, 4.69) is 5.32 Å². The number of ether oxygens (including phenoxy) is 1. The number of aryl methyl sites for hydroxylation is 1. The summed E-state index contributed by atoms with van der Waals surface area (Å²) in [5, 5.41) is 3.41. The van der Waals surface area contributed by atoms with Crippen molar-refractivity contribution in [2.45, 2.75) is 69.4 Å². The van der Waals surface area contributed by atoms with Gasteiger partial charge in [-0.05, 0) is 69.0 Å². The number of nitrogens with zero attached hydrogens (tertiary/aromatic N) is 2. The molecule has 1 aliphatic rings. The van der Waals surface area contributed by atoms with Crippen molar-refractivity contribution in [1.29, 1.82) is 0 Å². The number of nitrogens with one attached hydrogen (secondary N) is 1. The van der Waals surface area contributed by atoms with Crippen molar-refractivity contribution in [2.75, 3.05) is 24.5 Å². The number of hydrogen-bond acceptors (Lipinski definition) is 5. The van der Waals surface area contributed by atoms with Crippen LogP contribution >= 0.6 is 11.6 Å². The molecule has 230 valence electrons. The Morgan fingerprint density at radius 2 is 1.67 bits per heavy atom. The molecular formula is C33H40ClN3O5S. The number of anilines is 1. The summed E-state index contributed by atoms with van der Waals surface area (Å²) in [7, 11) is -2.81. The molecule has 1 saturated carbocycles. The van der Waals surface area contributed by atoms with Crippen LogP contribution in [0.1, 0.15) is 50.2 Å². The number of sulfonamides is 1. The number of hydrogen-bond donors (Lipinski definition) is 1. The summed E-state index contributed by atoms with van der Waals surface area (Å²) >= 11 is 6.31. The SMILES string of the molecule is COc1ccc(Cl)cc1N(CC(=O)N(CCc1ccccc1)C(C)C(=O)NC1CCCCC1)S(=O)(=O)c1ccc(C)cc1. The molecule has 3 aromatic carbocycles. The molecule has 0 spiro atoms. The van der Waals surface area contributed by atoms with Crippen LogP contribution in [0.25, 0.3) is 0 Å². The fraction of sp³-hybridized carbons (Fsp3) is 0.394. The summed E-state index contributed by atoms with van der Waals surface area (Å²) in [5.74, 6) is -0.520. The number of carbonyl (C=O) groups excluding carboxylic acids is 2. The average Bonchev–Trinajstić information content (AvgIpc) is 3.01. The molecule has 0 aliphatic heterocycles. The Hall–Kier alpha value is -3.56. The normalized spacial score (nSPS) is 14.5. The van der Waals surface area contributed by atoms with E-state index in [1.165, 1.54) is 30.2 Å². The van der Waals surface area contributed by atoms with Gasteiger partial charge in [0.15, 0.2) is 0 Å². The minimum Gasteiger partial charge on any atom is -0.495 e. The van der Waals surface area contributed by atoms with Crippen molar-refractivity contribution in [1.82, 2.24) is 10.2 Å². The molecule has 0 radical (unpaired) electrons. The molecule has 10 heteroatoms. The quantitative estimate of drug-likeness (QED) is 0.276. The van der Waals surface area contributed by atoms with Crippen LogP contribution in [0, 0.1) is 6.92 Å². The number of benzene rings is 3. The minimum atomic E-state index is -4.24. The number of amides is 2. The van der Waals surface area contributed by atoms with Gasteiger partial charge in [0.05, 0.1) is 17.7 Å². The van der Waals surface area contributed by atoms with Gasteiger partial charge < -0.3 is 15.0 Å². The molecule has 3 aromatic rings. The first-order chi connectivity index (χ1) is 20.6. The van der Waals surface area contributed by atoms with Crippen molar-refractivity contribution in [3.8, 4) is 5.75 Å². The highest BCUT2D eigenvalue weighted by Gasteiger charge is 2.34. The summed E-state index contributed by atoms with van der Waals surface area (Å²) in [4.78, 5) is 29.1. The summed E-state index contributed by atoms with van der Waals surface area (Å²) < 4.78 is 34.7. The Balaban J connectivity index is 1.69. The first-order valence-corrected chi connectivity index (χ1v) is 16.5. The highest BCUT2D eigenvalue weighted by molar-refractivity contribution is 7.92. The van der Waals surface area contributed by atoms with Crippen molar-refractivity contribution in [2.24, 2.45) is 0 Å². The molecule has 1 aliphatic carbocycles. The van der Waals surface area contributed by atoms with Gasteiger partial charge in [-0.15, -0.1) is 0 Å². The fourth-order valence-corrected chi connectivity index (χ4v) is 6.93. The molecule has 0 saturated heterocycles. The van der Waals surface area contributed by atoms with Crippen LogP contribution in [0.3, 0.4) is 0 Å². The van der Waals surface area contributed by atoms with E-state index in [-0.39, 0.29) is 39.8 Å². The predicted molar refractivity (Wildman–Crippen MR) is 170 cm³/mol. The topological polar surface area (TPSA) is 96.0 Å². The van der Waals surface area contributed by atoms with Crippen LogP contribution < -0.4 is 14.4 Å². The van der Waals surface area contributed by atoms with E-state index in [1.807, 2.05) is 37.3 Å². The Bertz CT molecular complexity index is 1490. The van der Waals surface area contributed by atoms with Crippen LogP contribution in [0.4, 0.5) is 5.69 Å². The maximum atomic E-state index is 14.2. The van der Waals surface area contributed by atoms with Gasteiger partial charge >= 0.3 is 0 Å². The lowest BCUT2D eigenvalue weighted by Crippen LogP contribution is -2.53. The molecule has 1 fully saturated rings. The number of halogens is 1. The van der Waals surface area contributed by atoms with E-state index >= 15 is 0 Å². The van der Waals surface area contributed by atoms with Crippen LogP contribution in [-0.2, 0) is 26.0 Å². The number of carbonyl (C=O) groups is 2. The Morgan fingerprint density at radius 3 is 2.33 bits per heavy atom. The Morgan fingerprint density at radius 1 is 1.00 bits per heavy atom. The Kier molecular flexibility index (Phi) is 11.1. The minimum absolute atomic E-state index is 0.0202. The zero-order chi connectivity index (χ0) is 31.0. The summed E-state index contributed by atoms with van der Waals surface area (Å²) in [6.45, 7) is 3.23. The maximum absolute atomic E-state index is 14.2. The molecule has 4 rings (SSSR count). The molecule has 43 heavy (non-hydrogen) atoms. The van der Waals surface area contributed by atoms with E-state index in [1.54, 1.807) is 31.2 Å². The standard InChI is InChI=1S/C33H40ClN3O5S/c1-24-14-17-29(18-15-24)43(40,41)37(30-22-27(34)16-19-31(30)42-3)23-32(38)36(21-20-26-10-6-4-7-11-26)25(2)33(39)35-28-12-8-5-9-13-28/h4,6-7,10-11,14-19,22,25,28H,5,8-9,12-13,20-21,23H2,1-3H3,(H,35,39). The van der Waals surface area contributed by atoms with Gasteiger partial charge in [-0.3, -0.25) is 13.9 Å². The molecule has 0 aromatic heterocycles. The second-order valence-corrected chi connectivity index (χ2v) is 13.3. The van der Waals surface area contributed by atoms with Crippen LogP contribution in [0.15, 0.2) is 77.7 Å². The predicted octanol–water partition coefficient (Wildman–Crippen LogP) is 5.76. The molecule has 1 atom stereocenters. The summed E-state index contributed by atoms with van der Waals surface area (Å²) in [6.07, 6.45) is 5.59. The third-order valence-electron chi connectivity index (χ3n) is 7.90.